The average molecular weight is 221 g/mol. The second-order valence-corrected chi connectivity index (χ2v) is 3.86. The molecule has 5 heteroatoms. The summed E-state index contributed by atoms with van der Waals surface area (Å²) in [5.41, 5.74) is 5.57. The van der Waals surface area contributed by atoms with Crippen molar-refractivity contribution in [1.82, 2.24) is 4.98 Å². The van der Waals surface area contributed by atoms with E-state index in [4.69, 9.17) is 10.5 Å². The number of anilines is 1. The third-order valence-corrected chi connectivity index (χ3v) is 2.77. The number of aromatic nitrogens is 1. The van der Waals surface area contributed by atoms with Crippen LogP contribution in [0.2, 0.25) is 0 Å². The van der Waals surface area contributed by atoms with Gasteiger partial charge in [-0.2, -0.15) is 0 Å². The fourth-order valence-corrected chi connectivity index (χ4v) is 1.84. The smallest absolute Gasteiger partial charge is 0.228 e. The van der Waals surface area contributed by atoms with Crippen LogP contribution in [0, 0.1) is 5.92 Å². The summed E-state index contributed by atoms with van der Waals surface area (Å²) in [5, 5.41) is 0. The van der Waals surface area contributed by atoms with Gasteiger partial charge in [-0.15, -0.1) is 0 Å². The highest BCUT2D eigenvalue weighted by Gasteiger charge is 2.30. The number of carbonyl (C=O) groups is 1. The molecule has 1 saturated heterocycles. The third-order valence-electron chi connectivity index (χ3n) is 2.77. The first-order valence-electron chi connectivity index (χ1n) is 5.25. The third kappa shape index (κ3) is 1.99. The molecule has 0 bridgehead atoms. The van der Waals surface area contributed by atoms with E-state index in [2.05, 4.69) is 4.98 Å². The molecule has 1 amide bonds. The van der Waals surface area contributed by atoms with Gasteiger partial charge in [-0.3, -0.25) is 9.69 Å². The van der Waals surface area contributed by atoms with Crippen LogP contribution in [-0.2, 0) is 4.79 Å². The van der Waals surface area contributed by atoms with E-state index in [1.54, 1.807) is 30.3 Å². The van der Waals surface area contributed by atoms with Gasteiger partial charge in [0.1, 0.15) is 11.6 Å². The number of amides is 1. The van der Waals surface area contributed by atoms with Gasteiger partial charge in [0.15, 0.2) is 0 Å². The lowest BCUT2D eigenvalue weighted by molar-refractivity contribution is -0.117. The van der Waals surface area contributed by atoms with Crippen molar-refractivity contribution in [3.8, 4) is 5.75 Å². The number of hydrogen-bond donors (Lipinski definition) is 1. The topological polar surface area (TPSA) is 68.4 Å². The number of methoxy groups -OCH3 is 1. The summed E-state index contributed by atoms with van der Waals surface area (Å²) in [5.74, 6) is 1.66. The number of pyridine rings is 1. The molecule has 1 aromatic rings. The Hall–Kier alpha value is -1.62. The molecule has 0 radical (unpaired) electrons. The molecule has 1 aromatic heterocycles. The summed E-state index contributed by atoms with van der Waals surface area (Å²) in [7, 11) is 1.59. The van der Waals surface area contributed by atoms with Gasteiger partial charge in [0.2, 0.25) is 5.91 Å². The molecule has 2 heterocycles. The second kappa shape index (κ2) is 4.49. The fraction of sp³-hybridized carbons (Fsp3) is 0.455. The van der Waals surface area contributed by atoms with Crippen LogP contribution in [0.25, 0.3) is 0 Å². The summed E-state index contributed by atoms with van der Waals surface area (Å²) in [4.78, 5) is 17.6. The molecule has 86 valence electrons. The van der Waals surface area contributed by atoms with Crippen LogP contribution in [0.3, 0.4) is 0 Å². The van der Waals surface area contributed by atoms with E-state index >= 15 is 0 Å². The highest BCUT2D eigenvalue weighted by molar-refractivity contribution is 5.94. The summed E-state index contributed by atoms with van der Waals surface area (Å²) >= 11 is 0. The molecule has 2 rings (SSSR count). The van der Waals surface area contributed by atoms with Gasteiger partial charge in [0.05, 0.1) is 7.11 Å². The van der Waals surface area contributed by atoms with E-state index in [9.17, 15) is 4.79 Å². The van der Waals surface area contributed by atoms with Crippen LogP contribution >= 0.6 is 0 Å². The second-order valence-electron chi connectivity index (χ2n) is 3.86. The number of nitrogens with zero attached hydrogens (tertiary/aromatic N) is 2. The van der Waals surface area contributed by atoms with Crippen LogP contribution in [0.5, 0.6) is 5.75 Å². The minimum absolute atomic E-state index is 0.0798. The maximum absolute atomic E-state index is 11.7. The Morgan fingerprint density at radius 2 is 2.50 bits per heavy atom. The van der Waals surface area contributed by atoms with E-state index in [1.165, 1.54) is 0 Å². The first-order chi connectivity index (χ1) is 7.74. The van der Waals surface area contributed by atoms with Gasteiger partial charge in [-0.05, 0) is 18.5 Å². The van der Waals surface area contributed by atoms with Crippen LogP contribution in [0.1, 0.15) is 6.42 Å². The summed E-state index contributed by atoms with van der Waals surface area (Å²) in [6.45, 7) is 1.18. The fourth-order valence-electron chi connectivity index (χ4n) is 1.84. The predicted molar refractivity (Wildman–Crippen MR) is 60.3 cm³/mol. The lowest BCUT2D eigenvalue weighted by atomic mass is 10.1. The minimum Gasteiger partial charge on any atom is -0.497 e. The maximum Gasteiger partial charge on any atom is 0.228 e. The largest absolute Gasteiger partial charge is 0.497 e. The molecule has 16 heavy (non-hydrogen) atoms. The van der Waals surface area contributed by atoms with E-state index in [0.29, 0.717) is 31.1 Å². The van der Waals surface area contributed by atoms with Crippen molar-refractivity contribution in [3.63, 3.8) is 0 Å². The first-order valence-corrected chi connectivity index (χ1v) is 5.25. The van der Waals surface area contributed by atoms with Crippen LogP contribution in [0.4, 0.5) is 5.82 Å². The molecular formula is C11H15N3O2. The molecule has 0 aliphatic carbocycles. The highest BCUT2D eigenvalue weighted by atomic mass is 16.5. The quantitative estimate of drug-likeness (QED) is 0.802. The Morgan fingerprint density at radius 1 is 1.69 bits per heavy atom. The zero-order valence-corrected chi connectivity index (χ0v) is 9.22. The van der Waals surface area contributed by atoms with Crippen molar-refractivity contribution in [3.05, 3.63) is 18.3 Å². The average Bonchev–Trinajstić information content (AvgIpc) is 2.71. The Kier molecular flexibility index (Phi) is 3.05. The molecule has 1 aliphatic heterocycles. The Bertz CT molecular complexity index is 395. The van der Waals surface area contributed by atoms with Crippen molar-refractivity contribution in [2.75, 3.05) is 25.1 Å². The molecular weight excluding hydrogens is 206 g/mol. The summed E-state index contributed by atoms with van der Waals surface area (Å²) < 4.78 is 5.10. The summed E-state index contributed by atoms with van der Waals surface area (Å²) in [6, 6.07) is 3.52. The van der Waals surface area contributed by atoms with Crippen LogP contribution < -0.4 is 15.4 Å². The van der Waals surface area contributed by atoms with Gasteiger partial charge in [0.25, 0.3) is 0 Å². The Labute approximate surface area is 94.2 Å². The molecule has 1 atom stereocenters. The Balaban J connectivity index is 2.20. The number of rotatable bonds is 3. The van der Waals surface area contributed by atoms with Crippen molar-refractivity contribution in [1.29, 1.82) is 0 Å². The number of carbonyl (C=O) groups excluding carboxylic acids is 1. The van der Waals surface area contributed by atoms with Crippen LogP contribution in [0.15, 0.2) is 18.3 Å². The molecule has 1 unspecified atom stereocenters. The van der Waals surface area contributed by atoms with E-state index in [1.807, 2.05) is 0 Å². The van der Waals surface area contributed by atoms with Gasteiger partial charge < -0.3 is 10.5 Å². The molecule has 2 N–H and O–H groups in total. The molecule has 0 aromatic carbocycles. The van der Waals surface area contributed by atoms with Gasteiger partial charge in [-0.1, -0.05) is 0 Å². The molecule has 5 nitrogen and oxygen atoms in total. The molecule has 1 aliphatic rings. The standard InChI is InChI=1S/C11H15N3O2/c1-16-9-2-3-13-10(5-9)14-7-8(6-12)4-11(14)15/h2-3,5,8H,4,6-7,12H2,1H3. The molecule has 0 spiro atoms. The zero-order chi connectivity index (χ0) is 11.5. The zero-order valence-electron chi connectivity index (χ0n) is 9.22. The lowest BCUT2D eigenvalue weighted by Crippen LogP contribution is -2.26. The molecule has 1 fully saturated rings. The van der Waals surface area contributed by atoms with Gasteiger partial charge in [-0.25, -0.2) is 4.98 Å². The minimum atomic E-state index is 0.0798. The SMILES string of the molecule is COc1ccnc(N2CC(CN)CC2=O)c1. The van der Waals surface area contributed by atoms with Crippen molar-refractivity contribution in [2.45, 2.75) is 6.42 Å². The van der Waals surface area contributed by atoms with E-state index in [0.717, 1.165) is 0 Å². The van der Waals surface area contributed by atoms with Gasteiger partial charge >= 0.3 is 0 Å². The van der Waals surface area contributed by atoms with Crippen molar-refractivity contribution < 1.29 is 9.53 Å². The van der Waals surface area contributed by atoms with Crippen molar-refractivity contribution in [2.24, 2.45) is 11.7 Å². The number of ether oxygens (including phenoxy) is 1. The van der Waals surface area contributed by atoms with Gasteiger partial charge in [0, 0.05) is 25.2 Å². The summed E-state index contributed by atoms with van der Waals surface area (Å²) in [6.07, 6.45) is 2.15. The molecule has 0 saturated carbocycles. The Morgan fingerprint density at radius 3 is 3.12 bits per heavy atom. The van der Waals surface area contributed by atoms with Crippen LogP contribution in [-0.4, -0.2) is 31.1 Å². The van der Waals surface area contributed by atoms with Crippen molar-refractivity contribution >= 4 is 11.7 Å². The highest BCUT2D eigenvalue weighted by Crippen LogP contribution is 2.25. The van der Waals surface area contributed by atoms with E-state index in [-0.39, 0.29) is 11.8 Å². The number of hydrogen-bond acceptors (Lipinski definition) is 4. The van der Waals surface area contributed by atoms with E-state index < -0.39 is 0 Å². The maximum atomic E-state index is 11.7. The first kappa shape index (κ1) is 10.9. The lowest BCUT2D eigenvalue weighted by Gasteiger charge is -2.15. The normalized spacial score (nSPS) is 20.2. The predicted octanol–water partition coefficient (Wildman–Crippen LogP) is 0.402. The monoisotopic (exact) mass is 221 g/mol. The number of nitrogens with two attached hydrogens (primary N) is 1.